The van der Waals surface area contributed by atoms with Crippen molar-refractivity contribution in [3.8, 4) is 0 Å². The van der Waals surface area contributed by atoms with Crippen molar-refractivity contribution in [3.63, 3.8) is 0 Å². The van der Waals surface area contributed by atoms with E-state index in [-0.39, 0.29) is 5.92 Å². The van der Waals surface area contributed by atoms with Gasteiger partial charge in [0.15, 0.2) is 0 Å². The molecule has 1 saturated carbocycles. The van der Waals surface area contributed by atoms with Crippen LogP contribution in [0.4, 0.5) is 13.2 Å². The van der Waals surface area contributed by atoms with Crippen molar-refractivity contribution in [3.05, 3.63) is 0 Å². The van der Waals surface area contributed by atoms with Crippen LogP contribution in [0.1, 0.15) is 13.8 Å². The van der Waals surface area contributed by atoms with Crippen molar-refractivity contribution in [2.75, 3.05) is 0 Å². The molecule has 0 aliphatic heterocycles. The Labute approximate surface area is 79.6 Å². The fraction of sp³-hybridized carbons (Fsp3) is 0.875. The summed E-state index contributed by atoms with van der Waals surface area (Å²) in [6.07, 6.45) is -4.45. The number of halogens is 3. The Morgan fingerprint density at radius 3 is 1.93 bits per heavy atom. The lowest BCUT2D eigenvalue weighted by atomic mass is 10.0. The molecule has 0 heterocycles. The Morgan fingerprint density at radius 1 is 1.43 bits per heavy atom. The third-order valence-electron chi connectivity index (χ3n) is 2.81. The molecule has 3 nitrogen and oxygen atoms in total. The topological polar surface area (TPSA) is 69.1 Å². The van der Waals surface area contributed by atoms with Crippen LogP contribution in [0, 0.1) is 17.8 Å². The number of carbonyl (C=O) groups excluding carboxylic acids is 1. The summed E-state index contributed by atoms with van der Waals surface area (Å²) in [5.41, 5.74) is 8.36. The monoisotopic (exact) mass is 210 g/mol. The van der Waals surface area contributed by atoms with Crippen molar-refractivity contribution in [2.45, 2.75) is 25.6 Å². The summed E-state index contributed by atoms with van der Waals surface area (Å²) >= 11 is 0. The average molecular weight is 210 g/mol. The predicted octanol–water partition coefficient (Wildman–Crippen LogP) is 0.634. The molecule has 1 fully saturated rings. The maximum atomic E-state index is 12.4. The van der Waals surface area contributed by atoms with Gasteiger partial charge in [0.25, 0.3) is 0 Å². The first-order valence-electron chi connectivity index (χ1n) is 4.29. The molecule has 6 heteroatoms. The molecule has 82 valence electrons. The summed E-state index contributed by atoms with van der Waals surface area (Å²) in [6.45, 7) is 3.20. The number of nitrogens with two attached hydrogens (primary N) is 2. The number of carbonyl (C=O) groups is 1. The number of hydrogen-bond donors (Lipinski definition) is 2. The van der Waals surface area contributed by atoms with Gasteiger partial charge in [-0.25, -0.2) is 0 Å². The lowest BCUT2D eigenvalue weighted by molar-refractivity contribution is -0.158. The molecule has 1 aliphatic carbocycles. The van der Waals surface area contributed by atoms with Crippen molar-refractivity contribution in [2.24, 2.45) is 29.2 Å². The van der Waals surface area contributed by atoms with Gasteiger partial charge in [0.2, 0.25) is 5.91 Å². The van der Waals surface area contributed by atoms with Crippen LogP contribution in [0.15, 0.2) is 0 Å². The van der Waals surface area contributed by atoms with Gasteiger partial charge < -0.3 is 11.5 Å². The van der Waals surface area contributed by atoms with Crippen LogP contribution in [0.5, 0.6) is 0 Å². The summed E-state index contributed by atoms with van der Waals surface area (Å²) in [7, 11) is 0. The SMILES string of the molecule is CC(C)[C@@H]1[C@@H](C(F)(F)F)[C@@]1(N)C(N)=O. The fourth-order valence-electron chi connectivity index (χ4n) is 2.16. The van der Waals surface area contributed by atoms with Gasteiger partial charge in [-0.15, -0.1) is 0 Å². The zero-order chi connectivity index (χ0) is 11.3. The molecule has 0 radical (unpaired) electrons. The first-order valence-corrected chi connectivity index (χ1v) is 4.29. The van der Waals surface area contributed by atoms with Crippen LogP contribution in [0.2, 0.25) is 0 Å². The maximum Gasteiger partial charge on any atom is 0.394 e. The highest BCUT2D eigenvalue weighted by Crippen LogP contribution is 2.60. The van der Waals surface area contributed by atoms with Crippen molar-refractivity contribution >= 4 is 5.91 Å². The second kappa shape index (κ2) is 2.85. The molecule has 0 aromatic heterocycles. The molecule has 1 aliphatic rings. The third-order valence-corrected chi connectivity index (χ3v) is 2.81. The number of hydrogen-bond acceptors (Lipinski definition) is 2. The van der Waals surface area contributed by atoms with E-state index in [1.54, 1.807) is 13.8 Å². The molecular formula is C8H13F3N2O. The van der Waals surface area contributed by atoms with Crippen molar-refractivity contribution in [1.29, 1.82) is 0 Å². The van der Waals surface area contributed by atoms with E-state index in [1.165, 1.54) is 0 Å². The average Bonchev–Trinajstić information content (AvgIpc) is 2.56. The Morgan fingerprint density at radius 2 is 1.86 bits per heavy atom. The molecule has 0 unspecified atom stereocenters. The van der Waals surface area contributed by atoms with Gasteiger partial charge in [-0.2, -0.15) is 13.2 Å². The Balaban J connectivity index is 2.95. The molecule has 0 bridgehead atoms. The van der Waals surface area contributed by atoms with Crippen molar-refractivity contribution in [1.82, 2.24) is 0 Å². The maximum absolute atomic E-state index is 12.4. The quantitative estimate of drug-likeness (QED) is 0.702. The van der Waals surface area contributed by atoms with E-state index in [0.29, 0.717) is 0 Å². The molecule has 1 amide bonds. The van der Waals surface area contributed by atoms with Crippen LogP contribution in [0.3, 0.4) is 0 Å². The molecule has 14 heavy (non-hydrogen) atoms. The third kappa shape index (κ3) is 1.37. The normalized spacial score (nSPS) is 37.4. The standard InChI is InChI=1S/C8H13F3N2O/c1-3(2)4-5(8(9,10)11)7(4,13)6(12)14/h3-5H,13H2,1-2H3,(H2,12,14)/t4-,5-,7-/m1/s1. The smallest absolute Gasteiger partial charge is 0.368 e. The van der Waals surface area contributed by atoms with Gasteiger partial charge in [-0.3, -0.25) is 4.79 Å². The zero-order valence-electron chi connectivity index (χ0n) is 7.93. The van der Waals surface area contributed by atoms with E-state index >= 15 is 0 Å². The summed E-state index contributed by atoms with van der Waals surface area (Å²) < 4.78 is 37.3. The molecule has 0 aromatic rings. The molecule has 0 aromatic carbocycles. The van der Waals surface area contributed by atoms with Crippen LogP contribution < -0.4 is 11.5 Å². The molecule has 4 N–H and O–H groups in total. The van der Waals surface area contributed by atoms with Gasteiger partial charge in [0.1, 0.15) is 5.54 Å². The molecular weight excluding hydrogens is 197 g/mol. The Kier molecular flexibility index (Phi) is 2.30. The van der Waals surface area contributed by atoms with Crippen LogP contribution in [-0.4, -0.2) is 17.6 Å². The highest BCUT2D eigenvalue weighted by Gasteiger charge is 2.76. The van der Waals surface area contributed by atoms with E-state index in [9.17, 15) is 18.0 Å². The number of primary amides is 1. The fourth-order valence-corrected chi connectivity index (χ4v) is 2.16. The second-order valence-corrected chi connectivity index (χ2v) is 4.09. The minimum absolute atomic E-state index is 0.306. The number of alkyl halides is 3. The molecule has 0 spiro atoms. The minimum atomic E-state index is -4.45. The molecule has 1 rings (SSSR count). The van der Waals surface area contributed by atoms with E-state index in [2.05, 4.69) is 0 Å². The van der Waals surface area contributed by atoms with Crippen LogP contribution >= 0.6 is 0 Å². The summed E-state index contributed by atoms with van der Waals surface area (Å²) in [4.78, 5) is 10.9. The van der Waals surface area contributed by atoms with E-state index in [1.807, 2.05) is 0 Å². The second-order valence-electron chi connectivity index (χ2n) is 4.09. The van der Waals surface area contributed by atoms with Crippen LogP contribution in [0.25, 0.3) is 0 Å². The lowest BCUT2D eigenvalue weighted by Crippen LogP contribution is -2.44. The summed E-state index contributed by atoms with van der Waals surface area (Å²) in [5.74, 6) is -4.05. The van der Waals surface area contributed by atoms with E-state index in [0.717, 1.165) is 0 Å². The van der Waals surface area contributed by atoms with Gasteiger partial charge in [-0.1, -0.05) is 13.8 Å². The molecule has 0 saturated heterocycles. The zero-order valence-corrected chi connectivity index (χ0v) is 7.93. The number of rotatable bonds is 2. The Hall–Kier alpha value is -0.780. The summed E-state index contributed by atoms with van der Waals surface area (Å²) in [5, 5.41) is 0. The first kappa shape index (κ1) is 11.3. The van der Waals surface area contributed by atoms with Gasteiger partial charge in [0, 0.05) is 5.92 Å². The van der Waals surface area contributed by atoms with Gasteiger partial charge in [-0.05, 0) is 5.92 Å². The lowest BCUT2D eigenvalue weighted by Gasteiger charge is -2.09. The highest BCUT2D eigenvalue weighted by molar-refractivity contribution is 5.89. The largest absolute Gasteiger partial charge is 0.394 e. The minimum Gasteiger partial charge on any atom is -0.368 e. The van der Waals surface area contributed by atoms with Crippen molar-refractivity contribution < 1.29 is 18.0 Å². The predicted molar refractivity (Wildman–Crippen MR) is 44.0 cm³/mol. The first-order chi connectivity index (χ1) is 6.13. The van der Waals surface area contributed by atoms with Gasteiger partial charge in [0.05, 0.1) is 5.92 Å². The van der Waals surface area contributed by atoms with E-state index in [4.69, 9.17) is 11.5 Å². The Bertz CT molecular complexity index is 264. The van der Waals surface area contributed by atoms with Gasteiger partial charge >= 0.3 is 6.18 Å². The summed E-state index contributed by atoms with van der Waals surface area (Å²) in [6, 6.07) is 0. The van der Waals surface area contributed by atoms with Crippen LogP contribution in [-0.2, 0) is 4.79 Å². The van der Waals surface area contributed by atoms with E-state index < -0.39 is 29.5 Å². The molecule has 3 atom stereocenters. The number of amides is 1. The highest BCUT2D eigenvalue weighted by atomic mass is 19.4.